The number of fused-ring (bicyclic) bond motifs is 1. The maximum atomic E-state index is 12.8. The zero-order valence-electron chi connectivity index (χ0n) is 16.5. The molecule has 0 saturated heterocycles. The molecule has 0 bridgehead atoms. The maximum absolute atomic E-state index is 12.8. The first-order valence-electron chi connectivity index (χ1n) is 9.84. The van der Waals surface area contributed by atoms with Gasteiger partial charge in [0.15, 0.2) is 0 Å². The number of H-pyrrole nitrogens is 1. The van der Waals surface area contributed by atoms with E-state index in [1.54, 1.807) is 12.3 Å². The molecule has 0 saturated carbocycles. The minimum absolute atomic E-state index is 0.217. The highest BCUT2D eigenvalue weighted by atomic mass is 16.1. The van der Waals surface area contributed by atoms with Crippen LogP contribution in [0.4, 0.5) is 0 Å². The summed E-state index contributed by atoms with van der Waals surface area (Å²) in [6.07, 6.45) is 1.64. The summed E-state index contributed by atoms with van der Waals surface area (Å²) in [5.74, 6) is 0. The van der Waals surface area contributed by atoms with Crippen LogP contribution in [0.25, 0.3) is 44.4 Å². The minimum Gasteiger partial charge on any atom is -0.328 e. The topological polar surface area (TPSA) is 69.5 Å². The zero-order valence-corrected chi connectivity index (χ0v) is 16.5. The predicted octanol–water partition coefficient (Wildman–Crippen LogP) is 5.60. The lowest BCUT2D eigenvalue weighted by Crippen LogP contribution is -2.08. The number of aromatic amines is 1. The fourth-order valence-corrected chi connectivity index (χ4v) is 3.80. The zero-order chi connectivity index (χ0) is 21.2. The molecule has 31 heavy (non-hydrogen) atoms. The van der Waals surface area contributed by atoms with Gasteiger partial charge in [-0.05, 0) is 23.8 Å². The summed E-state index contributed by atoms with van der Waals surface area (Å²) in [5, 5.41) is 10.1. The van der Waals surface area contributed by atoms with E-state index in [1.807, 2.05) is 78.9 Å². The second kappa shape index (κ2) is 7.74. The molecule has 5 aromatic rings. The van der Waals surface area contributed by atoms with Gasteiger partial charge in [0.05, 0.1) is 28.2 Å². The van der Waals surface area contributed by atoms with Crippen LogP contribution in [-0.2, 0) is 0 Å². The Balaban J connectivity index is 1.90. The van der Waals surface area contributed by atoms with Crippen LogP contribution < -0.4 is 5.56 Å². The summed E-state index contributed by atoms with van der Waals surface area (Å²) in [6.45, 7) is 0. The Labute approximate surface area is 179 Å². The van der Waals surface area contributed by atoms with E-state index in [9.17, 15) is 10.1 Å². The van der Waals surface area contributed by atoms with Gasteiger partial charge in [-0.25, -0.2) is 4.98 Å². The summed E-state index contributed by atoms with van der Waals surface area (Å²) in [6, 6.07) is 32.0. The Morgan fingerprint density at radius 3 is 2.35 bits per heavy atom. The van der Waals surface area contributed by atoms with Crippen LogP contribution >= 0.6 is 0 Å². The number of pyridine rings is 2. The molecule has 4 heteroatoms. The lowest BCUT2D eigenvalue weighted by Gasteiger charge is -2.14. The van der Waals surface area contributed by atoms with E-state index < -0.39 is 0 Å². The number of aromatic nitrogens is 2. The van der Waals surface area contributed by atoms with Crippen LogP contribution in [-0.4, -0.2) is 9.97 Å². The van der Waals surface area contributed by atoms with Crippen molar-refractivity contribution in [3.63, 3.8) is 0 Å². The smallest absolute Gasteiger partial charge is 0.257 e. The number of nitrogens with one attached hydrogen (secondary N) is 1. The molecule has 0 amide bonds. The molecule has 0 aliphatic rings. The van der Waals surface area contributed by atoms with Gasteiger partial charge < -0.3 is 4.98 Å². The maximum Gasteiger partial charge on any atom is 0.257 e. The van der Waals surface area contributed by atoms with Crippen LogP contribution in [0.15, 0.2) is 95.9 Å². The highest BCUT2D eigenvalue weighted by molar-refractivity contribution is 5.99. The van der Waals surface area contributed by atoms with Crippen molar-refractivity contribution >= 4 is 10.9 Å². The average Bonchev–Trinajstić information content (AvgIpc) is 2.85. The average molecular weight is 398 g/mol. The second-order valence-electron chi connectivity index (χ2n) is 7.12. The van der Waals surface area contributed by atoms with Gasteiger partial charge in [-0.1, -0.05) is 72.8 Å². The molecule has 0 aliphatic carbocycles. The van der Waals surface area contributed by atoms with Crippen molar-refractivity contribution in [3.8, 4) is 39.6 Å². The molecule has 5 rings (SSSR count). The predicted molar refractivity (Wildman–Crippen MR) is 122 cm³/mol. The molecule has 2 heterocycles. The van der Waals surface area contributed by atoms with Crippen LogP contribution in [0, 0.1) is 17.4 Å². The standard InChI is InChI=1S/C27H16N3O/c28-16-20-13-7-8-14-21(20)24-17-29-27(31)23-15-22(18-9-3-1-4-10-18)25(30-26(23)24)19-11-5-2-6-12-19/h1,3-15,17H,(H,29,31). The monoisotopic (exact) mass is 398 g/mol. The van der Waals surface area contributed by atoms with E-state index in [0.717, 1.165) is 33.5 Å². The largest absolute Gasteiger partial charge is 0.328 e. The van der Waals surface area contributed by atoms with Crippen molar-refractivity contribution in [2.75, 3.05) is 0 Å². The van der Waals surface area contributed by atoms with E-state index >= 15 is 0 Å². The highest BCUT2D eigenvalue weighted by Crippen LogP contribution is 2.35. The van der Waals surface area contributed by atoms with Gasteiger partial charge in [0, 0.05) is 28.5 Å². The van der Waals surface area contributed by atoms with E-state index in [1.165, 1.54) is 0 Å². The van der Waals surface area contributed by atoms with Crippen molar-refractivity contribution < 1.29 is 0 Å². The van der Waals surface area contributed by atoms with Crippen molar-refractivity contribution in [1.29, 1.82) is 5.26 Å². The molecule has 0 atom stereocenters. The van der Waals surface area contributed by atoms with Crippen molar-refractivity contribution in [2.24, 2.45) is 0 Å². The van der Waals surface area contributed by atoms with Crippen LogP contribution in [0.5, 0.6) is 0 Å². The molecule has 0 unspecified atom stereocenters. The molecule has 145 valence electrons. The van der Waals surface area contributed by atoms with E-state index in [2.05, 4.69) is 17.1 Å². The Kier molecular flexibility index (Phi) is 4.62. The second-order valence-corrected chi connectivity index (χ2v) is 7.12. The van der Waals surface area contributed by atoms with E-state index in [4.69, 9.17) is 4.98 Å². The Bertz CT molecular complexity index is 1500. The Hall–Kier alpha value is -4.49. The van der Waals surface area contributed by atoms with Gasteiger partial charge >= 0.3 is 0 Å². The first-order valence-corrected chi connectivity index (χ1v) is 9.84. The molecule has 2 aromatic heterocycles. The highest BCUT2D eigenvalue weighted by Gasteiger charge is 2.17. The SMILES string of the molecule is N#Cc1ccccc1-c1c[nH]c(=O)c2cc(-c3ccccc3)c(-c3cc[c]cc3)nc12. The lowest BCUT2D eigenvalue weighted by molar-refractivity contribution is 1.26. The number of benzene rings is 3. The Morgan fingerprint density at radius 2 is 1.58 bits per heavy atom. The van der Waals surface area contributed by atoms with Gasteiger partial charge in [0.2, 0.25) is 0 Å². The Morgan fingerprint density at radius 1 is 0.839 bits per heavy atom. The molecule has 4 nitrogen and oxygen atoms in total. The van der Waals surface area contributed by atoms with Crippen molar-refractivity contribution in [2.45, 2.75) is 0 Å². The van der Waals surface area contributed by atoms with E-state index in [0.29, 0.717) is 16.5 Å². The number of nitriles is 1. The third-order valence-electron chi connectivity index (χ3n) is 5.28. The molecule has 0 spiro atoms. The number of rotatable bonds is 3. The number of hydrogen-bond acceptors (Lipinski definition) is 3. The fraction of sp³-hybridized carbons (Fsp3) is 0. The summed E-state index contributed by atoms with van der Waals surface area (Å²) < 4.78 is 0. The summed E-state index contributed by atoms with van der Waals surface area (Å²) in [7, 11) is 0. The normalized spacial score (nSPS) is 10.7. The number of hydrogen-bond donors (Lipinski definition) is 1. The van der Waals surface area contributed by atoms with Crippen LogP contribution in [0.2, 0.25) is 0 Å². The van der Waals surface area contributed by atoms with Gasteiger partial charge in [0.1, 0.15) is 0 Å². The van der Waals surface area contributed by atoms with Crippen molar-refractivity contribution in [3.05, 3.63) is 113 Å². The molecular weight excluding hydrogens is 382 g/mol. The molecule has 1 N–H and O–H groups in total. The first kappa shape index (κ1) is 18.5. The molecular formula is C27H16N3O. The van der Waals surface area contributed by atoms with Gasteiger partial charge in [-0.3, -0.25) is 4.79 Å². The summed E-state index contributed by atoms with van der Waals surface area (Å²) in [5.41, 5.74) is 5.87. The van der Waals surface area contributed by atoms with Crippen LogP contribution in [0.1, 0.15) is 5.56 Å². The minimum atomic E-state index is -0.217. The number of nitrogens with zero attached hydrogens (tertiary/aromatic N) is 2. The first-order chi connectivity index (χ1) is 15.3. The van der Waals surface area contributed by atoms with Crippen molar-refractivity contribution in [1.82, 2.24) is 9.97 Å². The molecule has 0 aliphatic heterocycles. The van der Waals surface area contributed by atoms with Gasteiger partial charge in [0.25, 0.3) is 5.56 Å². The molecule has 1 radical (unpaired) electrons. The van der Waals surface area contributed by atoms with Gasteiger partial charge in [-0.2, -0.15) is 5.26 Å². The van der Waals surface area contributed by atoms with E-state index in [-0.39, 0.29) is 5.56 Å². The third kappa shape index (κ3) is 3.29. The van der Waals surface area contributed by atoms with Gasteiger partial charge in [-0.15, -0.1) is 0 Å². The quantitative estimate of drug-likeness (QED) is 0.430. The van der Waals surface area contributed by atoms with Crippen LogP contribution in [0.3, 0.4) is 0 Å². The molecule has 0 fully saturated rings. The summed E-state index contributed by atoms with van der Waals surface area (Å²) in [4.78, 5) is 20.6. The molecule has 3 aromatic carbocycles. The lowest BCUT2D eigenvalue weighted by atomic mass is 9.95. The fourth-order valence-electron chi connectivity index (χ4n) is 3.80. The third-order valence-corrected chi connectivity index (χ3v) is 5.28. The summed E-state index contributed by atoms with van der Waals surface area (Å²) >= 11 is 0.